The molecule has 1 nitrogen and oxygen atoms in total. The predicted octanol–water partition coefficient (Wildman–Crippen LogP) is 9.19. The first-order valence-corrected chi connectivity index (χ1v) is 13.3. The maximum Gasteiger partial charge on any atom is 0.0702 e. The van der Waals surface area contributed by atoms with E-state index in [9.17, 15) is 0 Å². The van der Waals surface area contributed by atoms with Gasteiger partial charge in [-0.2, -0.15) is 0 Å². The summed E-state index contributed by atoms with van der Waals surface area (Å²) in [7, 11) is 0. The highest BCUT2D eigenvalue weighted by molar-refractivity contribution is 5.59. The Hall–Kier alpha value is -1.63. The van der Waals surface area contributed by atoms with Crippen LogP contribution in [0.2, 0.25) is 0 Å². The lowest BCUT2D eigenvalue weighted by Gasteiger charge is -2.29. The minimum Gasteiger partial charge on any atom is -0.256 e. The summed E-state index contributed by atoms with van der Waals surface area (Å²) < 4.78 is 0. The molecule has 0 amide bonds. The molecule has 3 rings (SSSR count). The Morgan fingerprint density at radius 1 is 0.710 bits per heavy atom. The molecule has 0 bridgehead atoms. The molecule has 31 heavy (non-hydrogen) atoms. The molecule has 1 saturated carbocycles. The Labute approximate surface area is 192 Å². The van der Waals surface area contributed by atoms with Crippen molar-refractivity contribution in [1.29, 1.82) is 0 Å². The van der Waals surface area contributed by atoms with Gasteiger partial charge >= 0.3 is 0 Å². The number of rotatable bonds is 13. The standard InChI is InChI=1S/C30H45N/c1-3-5-7-8-9-12-26-13-10-14-27(23-26)16-15-25-17-20-29(21-18-25)30-22-19-28(24-31-30)11-6-4-2/h17-22,24,26-27H,3-16,23H2,1-2H3. The molecule has 0 saturated heterocycles. The lowest BCUT2D eigenvalue weighted by molar-refractivity contribution is 0.239. The second kappa shape index (κ2) is 13.7. The van der Waals surface area contributed by atoms with Gasteiger partial charge in [-0.1, -0.05) is 108 Å². The maximum atomic E-state index is 4.70. The summed E-state index contributed by atoms with van der Waals surface area (Å²) in [5.41, 5.74) is 5.19. The molecular formula is C30H45N. The highest BCUT2D eigenvalue weighted by atomic mass is 14.7. The van der Waals surface area contributed by atoms with Crippen molar-refractivity contribution in [3.63, 3.8) is 0 Å². The lowest BCUT2D eigenvalue weighted by atomic mass is 9.77. The van der Waals surface area contributed by atoms with E-state index in [1.807, 2.05) is 0 Å². The van der Waals surface area contributed by atoms with Crippen molar-refractivity contribution in [3.05, 3.63) is 53.7 Å². The number of pyridine rings is 1. The molecule has 1 fully saturated rings. The van der Waals surface area contributed by atoms with Gasteiger partial charge in [0.05, 0.1) is 5.69 Å². The van der Waals surface area contributed by atoms with E-state index < -0.39 is 0 Å². The van der Waals surface area contributed by atoms with Crippen LogP contribution in [0, 0.1) is 11.8 Å². The summed E-state index contributed by atoms with van der Waals surface area (Å²) in [6, 6.07) is 13.6. The second-order valence-electron chi connectivity index (χ2n) is 9.99. The average molecular weight is 420 g/mol. The van der Waals surface area contributed by atoms with Crippen LogP contribution in [0.5, 0.6) is 0 Å². The minimum atomic E-state index is 0.950. The van der Waals surface area contributed by atoms with Crippen LogP contribution in [0.3, 0.4) is 0 Å². The fraction of sp³-hybridized carbons (Fsp3) is 0.633. The molecule has 1 aliphatic carbocycles. The zero-order valence-corrected chi connectivity index (χ0v) is 20.2. The third-order valence-electron chi connectivity index (χ3n) is 7.34. The summed E-state index contributed by atoms with van der Waals surface area (Å²) >= 11 is 0. The number of hydrogen-bond acceptors (Lipinski definition) is 1. The molecule has 1 aliphatic rings. The number of benzene rings is 1. The summed E-state index contributed by atoms with van der Waals surface area (Å²) in [5, 5.41) is 0. The van der Waals surface area contributed by atoms with Crippen molar-refractivity contribution in [3.8, 4) is 11.3 Å². The fourth-order valence-electron chi connectivity index (χ4n) is 5.30. The van der Waals surface area contributed by atoms with Gasteiger partial charge in [0, 0.05) is 11.8 Å². The molecule has 2 unspecified atom stereocenters. The van der Waals surface area contributed by atoms with Gasteiger partial charge in [0.15, 0.2) is 0 Å². The molecule has 0 radical (unpaired) electrons. The van der Waals surface area contributed by atoms with Crippen LogP contribution in [0.1, 0.15) is 108 Å². The van der Waals surface area contributed by atoms with Crippen LogP contribution in [-0.4, -0.2) is 4.98 Å². The predicted molar refractivity (Wildman–Crippen MR) is 135 cm³/mol. The zero-order chi connectivity index (χ0) is 21.7. The molecule has 1 aromatic heterocycles. The van der Waals surface area contributed by atoms with Crippen LogP contribution in [0.4, 0.5) is 0 Å². The minimum absolute atomic E-state index is 0.950. The second-order valence-corrected chi connectivity index (χ2v) is 9.99. The van der Waals surface area contributed by atoms with Crippen molar-refractivity contribution in [2.24, 2.45) is 11.8 Å². The quantitative estimate of drug-likeness (QED) is 0.295. The van der Waals surface area contributed by atoms with Crippen LogP contribution < -0.4 is 0 Å². The number of nitrogens with zero attached hydrogens (tertiary/aromatic N) is 1. The topological polar surface area (TPSA) is 12.9 Å². The summed E-state index contributed by atoms with van der Waals surface area (Å²) in [6.07, 6.45) is 22.8. The molecule has 1 heterocycles. The summed E-state index contributed by atoms with van der Waals surface area (Å²) in [5.74, 6) is 1.96. The monoisotopic (exact) mass is 419 g/mol. The smallest absolute Gasteiger partial charge is 0.0702 e. The molecule has 0 aliphatic heterocycles. The van der Waals surface area contributed by atoms with Crippen molar-refractivity contribution in [1.82, 2.24) is 4.98 Å². The molecule has 170 valence electrons. The Bertz CT molecular complexity index is 715. The van der Waals surface area contributed by atoms with Crippen LogP contribution in [0.25, 0.3) is 11.3 Å². The highest BCUT2D eigenvalue weighted by Crippen LogP contribution is 2.35. The van der Waals surface area contributed by atoms with E-state index in [0.29, 0.717) is 0 Å². The first-order valence-electron chi connectivity index (χ1n) is 13.3. The Kier molecular flexibility index (Phi) is 10.6. The van der Waals surface area contributed by atoms with Crippen molar-refractivity contribution < 1.29 is 0 Å². The van der Waals surface area contributed by atoms with Crippen molar-refractivity contribution >= 4 is 0 Å². The third kappa shape index (κ3) is 8.43. The van der Waals surface area contributed by atoms with E-state index in [1.54, 1.807) is 0 Å². The number of hydrogen-bond donors (Lipinski definition) is 0. The lowest BCUT2D eigenvalue weighted by Crippen LogP contribution is -2.16. The van der Waals surface area contributed by atoms with Gasteiger partial charge in [-0.05, 0) is 61.1 Å². The van der Waals surface area contributed by atoms with Crippen molar-refractivity contribution in [2.45, 2.75) is 110 Å². The van der Waals surface area contributed by atoms with E-state index in [-0.39, 0.29) is 0 Å². The largest absolute Gasteiger partial charge is 0.256 e. The van der Waals surface area contributed by atoms with Gasteiger partial charge < -0.3 is 0 Å². The highest BCUT2D eigenvalue weighted by Gasteiger charge is 2.21. The van der Waals surface area contributed by atoms with E-state index in [0.717, 1.165) is 24.0 Å². The van der Waals surface area contributed by atoms with Gasteiger partial charge in [-0.15, -0.1) is 0 Å². The van der Waals surface area contributed by atoms with Crippen LogP contribution >= 0.6 is 0 Å². The summed E-state index contributed by atoms with van der Waals surface area (Å²) in [6.45, 7) is 4.55. The van der Waals surface area contributed by atoms with Gasteiger partial charge in [0.25, 0.3) is 0 Å². The third-order valence-corrected chi connectivity index (χ3v) is 7.34. The molecule has 1 heteroatoms. The molecular weight excluding hydrogens is 374 g/mol. The normalized spacial score (nSPS) is 18.9. The molecule has 2 atom stereocenters. The maximum absolute atomic E-state index is 4.70. The van der Waals surface area contributed by atoms with E-state index >= 15 is 0 Å². The van der Waals surface area contributed by atoms with Gasteiger partial charge in [-0.25, -0.2) is 0 Å². The molecule has 2 aromatic rings. The van der Waals surface area contributed by atoms with Crippen LogP contribution in [-0.2, 0) is 12.8 Å². The molecule has 0 spiro atoms. The van der Waals surface area contributed by atoms with Crippen LogP contribution in [0.15, 0.2) is 42.6 Å². The first kappa shape index (κ1) is 24.0. The van der Waals surface area contributed by atoms with Gasteiger partial charge in [0.2, 0.25) is 0 Å². The fourth-order valence-corrected chi connectivity index (χ4v) is 5.30. The Morgan fingerprint density at radius 3 is 2.13 bits per heavy atom. The van der Waals surface area contributed by atoms with E-state index in [4.69, 9.17) is 4.98 Å². The number of aromatic nitrogens is 1. The summed E-state index contributed by atoms with van der Waals surface area (Å²) in [4.78, 5) is 4.70. The van der Waals surface area contributed by atoms with Crippen molar-refractivity contribution in [2.75, 3.05) is 0 Å². The SMILES string of the molecule is CCCCCCCC1CCCC(CCc2ccc(-c3ccc(CCCC)cn3)cc2)C1. The van der Waals surface area contributed by atoms with E-state index in [2.05, 4.69) is 56.4 Å². The van der Waals surface area contributed by atoms with E-state index in [1.165, 1.54) is 107 Å². The van der Waals surface area contributed by atoms with Gasteiger partial charge in [-0.3, -0.25) is 4.98 Å². The zero-order valence-electron chi connectivity index (χ0n) is 20.2. The molecule has 1 aromatic carbocycles. The molecule has 0 N–H and O–H groups in total. The number of aryl methyl sites for hydroxylation is 2. The Morgan fingerprint density at radius 2 is 1.42 bits per heavy atom. The van der Waals surface area contributed by atoms with Gasteiger partial charge in [0.1, 0.15) is 0 Å². The average Bonchev–Trinajstić information content (AvgIpc) is 2.82. The number of unbranched alkanes of at least 4 members (excludes halogenated alkanes) is 5. The Balaban J connectivity index is 1.41. The first-order chi connectivity index (χ1) is 15.3.